The monoisotopic (exact) mass is 297 g/mol. The summed E-state index contributed by atoms with van der Waals surface area (Å²) in [5.74, 6) is 0. The van der Waals surface area contributed by atoms with Crippen molar-refractivity contribution >= 4 is 26.6 Å². The number of aliphatic hydroxyl groups is 1. The van der Waals surface area contributed by atoms with Crippen molar-refractivity contribution in [2.75, 3.05) is 12.3 Å². The van der Waals surface area contributed by atoms with Crippen LogP contribution in [-0.2, 0) is 10.0 Å². The minimum atomic E-state index is -3.68. The van der Waals surface area contributed by atoms with E-state index in [1.807, 2.05) is 0 Å². The van der Waals surface area contributed by atoms with Crippen molar-refractivity contribution in [3.8, 4) is 0 Å². The van der Waals surface area contributed by atoms with Crippen LogP contribution in [0.15, 0.2) is 29.3 Å². The summed E-state index contributed by atoms with van der Waals surface area (Å²) in [7, 11) is -3.68. The molecule has 1 aromatic heterocycles. The van der Waals surface area contributed by atoms with Crippen molar-refractivity contribution in [3.05, 3.63) is 24.4 Å². The lowest BCUT2D eigenvalue weighted by molar-refractivity contribution is 0.0613. The first-order valence-corrected chi connectivity index (χ1v) is 7.82. The Hall–Kier alpha value is -1.57. The van der Waals surface area contributed by atoms with Crippen LogP contribution < -0.4 is 10.5 Å². The smallest absolute Gasteiger partial charge is 0.242 e. The second kappa shape index (κ2) is 5.08. The number of nitrogen functional groups attached to an aromatic ring is 1. The SMILES string of the molecule is CCC(C)(O)CNS(=O)(=O)c1c[nH]c2cc(N)ccc12. The number of nitrogens with one attached hydrogen (secondary N) is 2. The Balaban J connectivity index is 2.33. The minimum Gasteiger partial charge on any atom is -0.399 e. The molecular formula is C13H19N3O3S. The lowest BCUT2D eigenvalue weighted by Gasteiger charge is -2.21. The highest BCUT2D eigenvalue weighted by molar-refractivity contribution is 7.89. The number of rotatable bonds is 5. The predicted octanol–water partition coefficient (Wildman–Crippen LogP) is 1.19. The lowest BCUT2D eigenvalue weighted by Crippen LogP contribution is -2.39. The maximum absolute atomic E-state index is 12.3. The van der Waals surface area contributed by atoms with E-state index in [0.717, 1.165) is 0 Å². The Morgan fingerprint density at radius 2 is 2.15 bits per heavy atom. The average molecular weight is 297 g/mol. The normalized spacial score (nSPS) is 15.3. The van der Waals surface area contributed by atoms with Crippen molar-refractivity contribution in [1.82, 2.24) is 9.71 Å². The molecule has 1 aromatic carbocycles. The zero-order chi connectivity index (χ0) is 15.0. The number of sulfonamides is 1. The van der Waals surface area contributed by atoms with Crippen molar-refractivity contribution in [3.63, 3.8) is 0 Å². The summed E-state index contributed by atoms with van der Waals surface area (Å²) in [4.78, 5) is 3.04. The molecule has 1 atom stereocenters. The molecule has 0 aliphatic rings. The van der Waals surface area contributed by atoms with Crippen LogP contribution in [0.25, 0.3) is 10.9 Å². The van der Waals surface area contributed by atoms with Crippen LogP contribution in [-0.4, -0.2) is 30.7 Å². The highest BCUT2D eigenvalue weighted by Gasteiger charge is 2.24. The maximum atomic E-state index is 12.3. The molecule has 0 radical (unpaired) electrons. The molecule has 0 aliphatic heterocycles. The first-order chi connectivity index (χ1) is 9.25. The summed E-state index contributed by atoms with van der Waals surface area (Å²) in [5.41, 5.74) is 5.81. The summed E-state index contributed by atoms with van der Waals surface area (Å²) in [6.45, 7) is 3.35. The first-order valence-electron chi connectivity index (χ1n) is 6.34. The third-order valence-corrected chi connectivity index (χ3v) is 4.80. The van der Waals surface area contributed by atoms with Gasteiger partial charge in [0.15, 0.2) is 0 Å². The molecule has 1 heterocycles. The van der Waals surface area contributed by atoms with E-state index >= 15 is 0 Å². The van der Waals surface area contributed by atoms with E-state index in [4.69, 9.17) is 5.73 Å². The Morgan fingerprint density at radius 1 is 1.45 bits per heavy atom. The van der Waals surface area contributed by atoms with Crippen molar-refractivity contribution in [1.29, 1.82) is 0 Å². The molecule has 20 heavy (non-hydrogen) atoms. The van der Waals surface area contributed by atoms with Gasteiger partial charge in [-0.15, -0.1) is 0 Å². The van der Waals surface area contributed by atoms with Crippen LogP contribution in [0.2, 0.25) is 0 Å². The maximum Gasteiger partial charge on any atom is 0.242 e. The molecule has 0 aliphatic carbocycles. The number of aromatic amines is 1. The van der Waals surface area contributed by atoms with E-state index < -0.39 is 15.6 Å². The van der Waals surface area contributed by atoms with E-state index in [9.17, 15) is 13.5 Å². The fraction of sp³-hybridized carbons (Fsp3) is 0.385. The van der Waals surface area contributed by atoms with E-state index in [-0.39, 0.29) is 11.4 Å². The van der Waals surface area contributed by atoms with Gasteiger partial charge in [0.2, 0.25) is 10.0 Å². The van der Waals surface area contributed by atoms with Crippen LogP contribution in [0.5, 0.6) is 0 Å². The second-order valence-corrected chi connectivity index (χ2v) is 6.87. The number of aromatic nitrogens is 1. The molecule has 2 rings (SSSR count). The van der Waals surface area contributed by atoms with Crippen LogP contribution in [0.3, 0.4) is 0 Å². The predicted molar refractivity (Wildman–Crippen MR) is 78.8 cm³/mol. The van der Waals surface area contributed by atoms with Crippen LogP contribution in [0, 0.1) is 0 Å². The van der Waals surface area contributed by atoms with Crippen molar-refractivity contribution < 1.29 is 13.5 Å². The first kappa shape index (κ1) is 14.8. The summed E-state index contributed by atoms with van der Waals surface area (Å²) >= 11 is 0. The molecule has 0 fully saturated rings. The Morgan fingerprint density at radius 3 is 2.80 bits per heavy atom. The van der Waals surface area contributed by atoms with Gasteiger partial charge >= 0.3 is 0 Å². The molecule has 6 nitrogen and oxygen atoms in total. The molecule has 2 aromatic rings. The fourth-order valence-electron chi connectivity index (χ4n) is 1.79. The van der Waals surface area contributed by atoms with Gasteiger partial charge in [-0.1, -0.05) is 6.92 Å². The van der Waals surface area contributed by atoms with E-state index in [2.05, 4.69) is 9.71 Å². The summed E-state index contributed by atoms with van der Waals surface area (Å²) < 4.78 is 27.0. The van der Waals surface area contributed by atoms with E-state index in [1.54, 1.807) is 32.0 Å². The zero-order valence-electron chi connectivity index (χ0n) is 11.5. The highest BCUT2D eigenvalue weighted by atomic mass is 32.2. The molecular weight excluding hydrogens is 278 g/mol. The van der Waals surface area contributed by atoms with Gasteiger partial charge in [-0.25, -0.2) is 13.1 Å². The molecule has 1 unspecified atom stereocenters. The molecule has 0 amide bonds. The van der Waals surface area contributed by atoms with Crippen LogP contribution >= 0.6 is 0 Å². The lowest BCUT2D eigenvalue weighted by atomic mass is 10.1. The molecule has 0 bridgehead atoms. The summed E-state index contributed by atoms with van der Waals surface area (Å²) in [6.07, 6.45) is 1.88. The molecule has 5 N–H and O–H groups in total. The summed E-state index contributed by atoms with van der Waals surface area (Å²) in [5, 5.41) is 10.5. The van der Waals surface area contributed by atoms with Gasteiger partial charge in [0.1, 0.15) is 4.90 Å². The molecule has 0 saturated heterocycles. The third kappa shape index (κ3) is 2.95. The number of fused-ring (bicyclic) bond motifs is 1. The highest BCUT2D eigenvalue weighted by Crippen LogP contribution is 2.24. The fourth-order valence-corrected chi connectivity index (χ4v) is 3.13. The molecule has 0 saturated carbocycles. The number of benzene rings is 1. The number of anilines is 1. The quantitative estimate of drug-likeness (QED) is 0.622. The van der Waals surface area contributed by atoms with Gasteiger partial charge in [0, 0.05) is 29.3 Å². The van der Waals surface area contributed by atoms with Crippen molar-refractivity contribution in [2.45, 2.75) is 30.8 Å². The molecule has 0 spiro atoms. The Bertz CT molecular complexity index is 720. The third-order valence-electron chi connectivity index (χ3n) is 3.36. The van der Waals surface area contributed by atoms with E-state index in [1.165, 1.54) is 6.20 Å². The van der Waals surface area contributed by atoms with Crippen molar-refractivity contribution in [2.24, 2.45) is 0 Å². The largest absolute Gasteiger partial charge is 0.399 e. The molecule has 7 heteroatoms. The number of H-pyrrole nitrogens is 1. The van der Waals surface area contributed by atoms with Gasteiger partial charge < -0.3 is 15.8 Å². The molecule has 110 valence electrons. The Kier molecular flexibility index (Phi) is 3.77. The minimum absolute atomic E-state index is 0.0342. The summed E-state index contributed by atoms with van der Waals surface area (Å²) in [6, 6.07) is 4.99. The number of hydrogen-bond donors (Lipinski definition) is 4. The van der Waals surface area contributed by atoms with Gasteiger partial charge in [-0.05, 0) is 31.5 Å². The topological polar surface area (TPSA) is 108 Å². The number of hydrogen-bond acceptors (Lipinski definition) is 4. The van der Waals surface area contributed by atoms with E-state index in [0.29, 0.717) is 23.0 Å². The van der Waals surface area contributed by atoms with Crippen LogP contribution in [0.4, 0.5) is 5.69 Å². The van der Waals surface area contributed by atoms with Crippen LogP contribution in [0.1, 0.15) is 20.3 Å². The number of nitrogens with two attached hydrogens (primary N) is 1. The van der Waals surface area contributed by atoms with Gasteiger partial charge in [0.05, 0.1) is 5.60 Å². The van der Waals surface area contributed by atoms with Gasteiger partial charge in [0.25, 0.3) is 0 Å². The van der Waals surface area contributed by atoms with Gasteiger partial charge in [-0.2, -0.15) is 0 Å². The standard InChI is InChI=1S/C13H19N3O3S/c1-3-13(2,17)8-16-20(18,19)12-7-15-11-6-9(14)4-5-10(11)12/h4-7,15-17H,3,8,14H2,1-2H3. The van der Waals surface area contributed by atoms with Gasteiger partial charge in [-0.3, -0.25) is 0 Å². The second-order valence-electron chi connectivity index (χ2n) is 5.13. The average Bonchev–Trinajstić information content (AvgIpc) is 2.80. The zero-order valence-corrected chi connectivity index (χ0v) is 12.3. The Labute approximate surface area is 118 Å².